The van der Waals surface area contributed by atoms with Crippen molar-refractivity contribution in [2.24, 2.45) is 0 Å². The van der Waals surface area contributed by atoms with Crippen molar-refractivity contribution >= 4 is 28.3 Å². The van der Waals surface area contributed by atoms with E-state index in [2.05, 4.69) is 20.3 Å². The van der Waals surface area contributed by atoms with Crippen LogP contribution in [0.3, 0.4) is 0 Å². The highest BCUT2D eigenvalue weighted by Gasteiger charge is 2.09. The average molecular weight is 373 g/mol. The fraction of sp³-hybridized carbons (Fsp3) is 0.316. The van der Waals surface area contributed by atoms with Crippen LogP contribution in [0, 0.1) is 0 Å². The lowest BCUT2D eigenvalue weighted by Crippen LogP contribution is -2.13. The number of benzene rings is 1. The van der Waals surface area contributed by atoms with Gasteiger partial charge in [0.25, 0.3) is 0 Å². The molecule has 3 rings (SSSR count). The number of nitrogens with one attached hydrogen (secondary N) is 1. The molecule has 0 atom stereocenters. The number of halogens is 1. The molecule has 3 aromatic rings. The fourth-order valence-corrected chi connectivity index (χ4v) is 2.78. The smallest absolute Gasteiger partial charge is 0.137 e. The van der Waals surface area contributed by atoms with E-state index >= 15 is 0 Å². The molecule has 136 valence electrons. The van der Waals surface area contributed by atoms with Gasteiger partial charge in [-0.1, -0.05) is 17.7 Å². The van der Waals surface area contributed by atoms with Crippen molar-refractivity contribution in [1.82, 2.24) is 15.0 Å². The molecule has 6 nitrogen and oxygen atoms in total. The molecule has 0 spiro atoms. The molecule has 0 bridgehead atoms. The molecule has 0 saturated carbocycles. The molecule has 1 aromatic carbocycles. The van der Waals surface area contributed by atoms with Crippen LogP contribution >= 0.6 is 11.6 Å². The van der Waals surface area contributed by atoms with Crippen molar-refractivity contribution in [1.29, 1.82) is 0 Å². The first-order valence-corrected chi connectivity index (χ1v) is 8.91. The minimum absolute atomic E-state index is 0.0184. The zero-order chi connectivity index (χ0) is 18.2. The van der Waals surface area contributed by atoms with Crippen LogP contribution in [0.4, 0.5) is 5.82 Å². The highest BCUT2D eigenvalue weighted by atomic mass is 35.5. The molecule has 2 heterocycles. The van der Waals surface area contributed by atoms with E-state index in [1.54, 1.807) is 6.20 Å². The van der Waals surface area contributed by atoms with Crippen LogP contribution in [-0.2, 0) is 17.6 Å². The number of aliphatic hydroxyl groups is 1. The van der Waals surface area contributed by atoms with Gasteiger partial charge >= 0.3 is 0 Å². The lowest BCUT2D eigenvalue weighted by Gasteiger charge is -2.11. The number of hydrogen-bond acceptors (Lipinski definition) is 6. The van der Waals surface area contributed by atoms with Gasteiger partial charge < -0.3 is 15.2 Å². The normalized spacial score (nSPS) is 11.0. The molecular weight excluding hydrogens is 352 g/mol. The van der Waals surface area contributed by atoms with Crippen LogP contribution in [0.5, 0.6) is 0 Å². The highest BCUT2D eigenvalue weighted by molar-refractivity contribution is 6.31. The Bertz CT molecular complexity index is 846. The van der Waals surface area contributed by atoms with Gasteiger partial charge in [0.15, 0.2) is 0 Å². The molecule has 0 unspecified atom stereocenters. The zero-order valence-electron chi connectivity index (χ0n) is 14.4. The zero-order valence-corrected chi connectivity index (χ0v) is 15.1. The van der Waals surface area contributed by atoms with Gasteiger partial charge in [-0.15, -0.1) is 0 Å². The van der Waals surface area contributed by atoms with Gasteiger partial charge in [0.1, 0.15) is 11.6 Å². The van der Waals surface area contributed by atoms with Crippen LogP contribution in [0.2, 0.25) is 5.02 Å². The Balaban J connectivity index is 1.77. The predicted molar refractivity (Wildman–Crippen MR) is 103 cm³/mol. The molecule has 0 aliphatic heterocycles. The first kappa shape index (κ1) is 18.5. The van der Waals surface area contributed by atoms with Crippen LogP contribution in [0.1, 0.15) is 11.4 Å². The maximum atomic E-state index is 8.76. The Morgan fingerprint density at radius 3 is 2.85 bits per heavy atom. The van der Waals surface area contributed by atoms with Crippen LogP contribution in [-0.4, -0.2) is 46.4 Å². The molecule has 0 fully saturated rings. The molecule has 2 aromatic heterocycles. The number of fused-ring (bicyclic) bond motifs is 1. The minimum atomic E-state index is 0.0184. The summed E-state index contributed by atoms with van der Waals surface area (Å²) in [6.45, 7) is 1.41. The van der Waals surface area contributed by atoms with Crippen molar-refractivity contribution < 1.29 is 9.84 Å². The van der Waals surface area contributed by atoms with Crippen molar-refractivity contribution in [3.63, 3.8) is 0 Å². The van der Waals surface area contributed by atoms with Crippen molar-refractivity contribution in [3.8, 4) is 0 Å². The molecule has 0 aliphatic rings. The second-order valence-electron chi connectivity index (χ2n) is 5.77. The summed E-state index contributed by atoms with van der Waals surface area (Å²) in [6, 6.07) is 9.57. The van der Waals surface area contributed by atoms with E-state index < -0.39 is 0 Å². The average Bonchev–Trinajstić information content (AvgIpc) is 2.67. The monoisotopic (exact) mass is 372 g/mol. The number of pyridine rings is 1. The Kier molecular flexibility index (Phi) is 6.71. The van der Waals surface area contributed by atoms with Crippen molar-refractivity contribution in [3.05, 3.63) is 59.1 Å². The maximum absolute atomic E-state index is 8.76. The van der Waals surface area contributed by atoms with E-state index in [1.165, 1.54) is 0 Å². The third-order valence-electron chi connectivity index (χ3n) is 3.84. The first-order valence-electron chi connectivity index (χ1n) is 8.54. The Labute approximate surface area is 157 Å². The summed E-state index contributed by atoms with van der Waals surface area (Å²) < 4.78 is 5.29. The molecular formula is C19H21ClN4O2. The summed E-state index contributed by atoms with van der Waals surface area (Å²) in [5.74, 6) is 1.51. The fourth-order valence-electron chi connectivity index (χ4n) is 2.61. The largest absolute Gasteiger partial charge is 0.394 e. The number of aryl methyl sites for hydroxylation is 2. The number of rotatable bonds is 9. The SMILES string of the molecule is OCCOCCNc1nc(CCc2cccnc2)nc2ccc(Cl)cc12. The quantitative estimate of drug-likeness (QED) is 0.562. The summed E-state index contributed by atoms with van der Waals surface area (Å²) in [5.41, 5.74) is 2.00. The van der Waals surface area contributed by atoms with Crippen LogP contribution < -0.4 is 5.32 Å². The van der Waals surface area contributed by atoms with Gasteiger partial charge in [-0.2, -0.15) is 0 Å². The highest BCUT2D eigenvalue weighted by Crippen LogP contribution is 2.24. The number of ether oxygens (including phenoxy) is 1. The van der Waals surface area contributed by atoms with Gasteiger partial charge in [0.05, 0.1) is 25.3 Å². The van der Waals surface area contributed by atoms with Crippen LogP contribution in [0.15, 0.2) is 42.7 Å². The standard InChI is InChI=1S/C19H21ClN4O2/c20-15-4-5-17-16(12-15)19(22-8-10-26-11-9-25)24-18(23-17)6-3-14-2-1-7-21-13-14/h1-2,4-5,7,12-13,25H,3,6,8-11H2,(H,22,23,24). The summed E-state index contributed by atoms with van der Waals surface area (Å²) in [6.07, 6.45) is 5.17. The minimum Gasteiger partial charge on any atom is -0.394 e. The third-order valence-corrected chi connectivity index (χ3v) is 4.07. The lowest BCUT2D eigenvalue weighted by molar-refractivity contribution is 0.0992. The Hall–Kier alpha value is -2.28. The lowest BCUT2D eigenvalue weighted by atomic mass is 10.1. The van der Waals surface area contributed by atoms with Crippen molar-refractivity contribution in [2.75, 3.05) is 31.7 Å². The van der Waals surface area contributed by atoms with Gasteiger partial charge in [-0.3, -0.25) is 4.98 Å². The summed E-state index contributed by atoms with van der Waals surface area (Å²) in [7, 11) is 0. The molecule has 0 amide bonds. The maximum Gasteiger partial charge on any atom is 0.137 e. The summed E-state index contributed by atoms with van der Waals surface area (Å²) in [5, 5.41) is 13.6. The van der Waals surface area contributed by atoms with Gasteiger partial charge in [0.2, 0.25) is 0 Å². The summed E-state index contributed by atoms with van der Waals surface area (Å²) in [4.78, 5) is 13.5. The van der Waals surface area contributed by atoms with E-state index in [1.807, 2.05) is 36.5 Å². The predicted octanol–water partition coefficient (Wildman–Crippen LogP) is 2.88. The second-order valence-corrected chi connectivity index (χ2v) is 6.21. The van der Waals surface area contributed by atoms with E-state index in [9.17, 15) is 0 Å². The number of nitrogens with zero attached hydrogens (tertiary/aromatic N) is 3. The topological polar surface area (TPSA) is 80.2 Å². The van der Waals surface area contributed by atoms with Gasteiger partial charge in [-0.05, 0) is 36.2 Å². The van der Waals surface area contributed by atoms with Gasteiger partial charge in [-0.25, -0.2) is 9.97 Å². The number of anilines is 1. The molecule has 26 heavy (non-hydrogen) atoms. The van der Waals surface area contributed by atoms with E-state index in [-0.39, 0.29) is 6.61 Å². The molecule has 2 N–H and O–H groups in total. The first-order chi connectivity index (χ1) is 12.8. The van der Waals surface area contributed by atoms with Crippen molar-refractivity contribution in [2.45, 2.75) is 12.8 Å². The molecule has 7 heteroatoms. The Morgan fingerprint density at radius 2 is 2.04 bits per heavy atom. The Morgan fingerprint density at radius 1 is 1.12 bits per heavy atom. The number of aliphatic hydroxyl groups excluding tert-OH is 1. The summed E-state index contributed by atoms with van der Waals surface area (Å²) >= 11 is 6.13. The van der Waals surface area contributed by atoms with Gasteiger partial charge in [0, 0.05) is 35.8 Å². The van der Waals surface area contributed by atoms with E-state index in [0.717, 1.165) is 41.0 Å². The molecule has 0 saturated heterocycles. The molecule has 0 aliphatic carbocycles. The second kappa shape index (κ2) is 9.43. The third kappa shape index (κ3) is 5.11. The number of aromatic nitrogens is 3. The van der Waals surface area contributed by atoms with Crippen LogP contribution in [0.25, 0.3) is 10.9 Å². The molecule has 0 radical (unpaired) electrons. The van der Waals surface area contributed by atoms with E-state index in [0.29, 0.717) is 24.8 Å². The number of hydrogen-bond donors (Lipinski definition) is 2. The van der Waals surface area contributed by atoms with E-state index in [4.69, 9.17) is 21.4 Å².